The number of aromatic nitrogens is 2. The molecule has 2 aromatic carbocycles. The number of aryl methyl sites for hydroxylation is 2. The van der Waals surface area contributed by atoms with Crippen LogP contribution in [0.4, 0.5) is 0 Å². The Labute approximate surface area is 158 Å². The zero-order valence-corrected chi connectivity index (χ0v) is 16.0. The van der Waals surface area contributed by atoms with E-state index in [0.29, 0.717) is 17.9 Å². The molecule has 6 heteroatoms. The highest BCUT2D eigenvalue weighted by atomic mass is 16.5. The standard InChI is InChI=1S/C21H23N3O3/c1-12-6-5-7-16-19(12)17(8-9-26-16)27-18-11-14(21(25)24(3)4)10-15-20(18)23-13(2)22-15/h5-7,10-11,17H,8-9H2,1-4H3,(H,22,23). The van der Waals surface area contributed by atoms with Gasteiger partial charge in [0.15, 0.2) is 0 Å². The second-order valence-corrected chi connectivity index (χ2v) is 7.12. The molecule has 2 heterocycles. The van der Waals surface area contributed by atoms with Gasteiger partial charge in [0.25, 0.3) is 5.91 Å². The van der Waals surface area contributed by atoms with Gasteiger partial charge in [-0.1, -0.05) is 12.1 Å². The molecule has 6 nitrogen and oxygen atoms in total. The number of imidazole rings is 1. The van der Waals surface area contributed by atoms with E-state index < -0.39 is 0 Å². The van der Waals surface area contributed by atoms with Gasteiger partial charge in [0.05, 0.1) is 12.1 Å². The molecule has 0 radical (unpaired) electrons. The molecule has 0 saturated carbocycles. The van der Waals surface area contributed by atoms with E-state index in [9.17, 15) is 4.79 Å². The van der Waals surface area contributed by atoms with E-state index in [1.807, 2.05) is 25.1 Å². The molecule has 0 spiro atoms. The summed E-state index contributed by atoms with van der Waals surface area (Å²) in [5.74, 6) is 2.19. The van der Waals surface area contributed by atoms with Crippen molar-refractivity contribution in [2.75, 3.05) is 20.7 Å². The van der Waals surface area contributed by atoms with Crippen LogP contribution in [0.15, 0.2) is 30.3 Å². The maximum atomic E-state index is 12.5. The number of rotatable bonds is 3. The van der Waals surface area contributed by atoms with Crippen LogP contribution >= 0.6 is 0 Å². The molecule has 1 unspecified atom stereocenters. The Balaban J connectivity index is 1.80. The van der Waals surface area contributed by atoms with Gasteiger partial charge in [-0.15, -0.1) is 0 Å². The van der Waals surface area contributed by atoms with Crippen LogP contribution in [0.3, 0.4) is 0 Å². The summed E-state index contributed by atoms with van der Waals surface area (Å²) < 4.78 is 12.2. The molecule has 1 N–H and O–H groups in total. The number of nitrogens with zero attached hydrogens (tertiary/aromatic N) is 2. The lowest BCUT2D eigenvalue weighted by Crippen LogP contribution is -2.22. The lowest BCUT2D eigenvalue weighted by Gasteiger charge is -2.28. The van der Waals surface area contributed by atoms with Crippen molar-refractivity contribution in [1.82, 2.24) is 14.9 Å². The van der Waals surface area contributed by atoms with Gasteiger partial charge in [0, 0.05) is 31.6 Å². The van der Waals surface area contributed by atoms with Crippen molar-refractivity contribution < 1.29 is 14.3 Å². The van der Waals surface area contributed by atoms with Gasteiger partial charge in [-0.3, -0.25) is 4.79 Å². The molecule has 0 aliphatic carbocycles. The van der Waals surface area contributed by atoms with E-state index in [-0.39, 0.29) is 12.0 Å². The maximum Gasteiger partial charge on any atom is 0.253 e. The normalized spacial score (nSPS) is 15.9. The highest BCUT2D eigenvalue weighted by Crippen LogP contribution is 2.39. The molecule has 1 atom stereocenters. The van der Waals surface area contributed by atoms with Crippen LogP contribution in [0, 0.1) is 13.8 Å². The molecule has 1 amide bonds. The van der Waals surface area contributed by atoms with Gasteiger partial charge in [-0.25, -0.2) is 4.98 Å². The van der Waals surface area contributed by atoms with E-state index in [2.05, 4.69) is 23.0 Å². The molecule has 27 heavy (non-hydrogen) atoms. The van der Waals surface area contributed by atoms with Crippen molar-refractivity contribution in [3.05, 3.63) is 52.8 Å². The number of hydrogen-bond acceptors (Lipinski definition) is 4. The Bertz CT molecular complexity index is 1020. The fourth-order valence-corrected chi connectivity index (χ4v) is 3.56. The van der Waals surface area contributed by atoms with Gasteiger partial charge in [0.2, 0.25) is 0 Å². The van der Waals surface area contributed by atoms with Crippen molar-refractivity contribution >= 4 is 16.9 Å². The summed E-state index contributed by atoms with van der Waals surface area (Å²) in [7, 11) is 3.48. The minimum Gasteiger partial charge on any atom is -0.493 e. The third-order valence-corrected chi connectivity index (χ3v) is 4.84. The van der Waals surface area contributed by atoms with Crippen LogP contribution in [0.25, 0.3) is 11.0 Å². The van der Waals surface area contributed by atoms with Crippen LogP contribution in [-0.4, -0.2) is 41.5 Å². The largest absolute Gasteiger partial charge is 0.493 e. The molecular weight excluding hydrogens is 342 g/mol. The zero-order valence-electron chi connectivity index (χ0n) is 16.0. The van der Waals surface area contributed by atoms with E-state index in [1.165, 1.54) is 0 Å². The zero-order chi connectivity index (χ0) is 19.1. The van der Waals surface area contributed by atoms with Gasteiger partial charge >= 0.3 is 0 Å². The highest BCUT2D eigenvalue weighted by molar-refractivity contribution is 5.99. The number of nitrogens with one attached hydrogen (secondary N) is 1. The Morgan fingerprint density at radius 1 is 1.30 bits per heavy atom. The van der Waals surface area contributed by atoms with E-state index in [1.54, 1.807) is 25.1 Å². The number of benzene rings is 2. The quantitative estimate of drug-likeness (QED) is 0.767. The number of amides is 1. The number of carbonyl (C=O) groups is 1. The molecule has 4 rings (SSSR count). The Kier molecular flexibility index (Phi) is 4.26. The van der Waals surface area contributed by atoms with Crippen molar-refractivity contribution in [2.45, 2.75) is 26.4 Å². The number of fused-ring (bicyclic) bond motifs is 2. The fourth-order valence-electron chi connectivity index (χ4n) is 3.56. The van der Waals surface area contributed by atoms with Gasteiger partial charge in [-0.05, 0) is 37.6 Å². The van der Waals surface area contributed by atoms with Crippen LogP contribution in [0.2, 0.25) is 0 Å². The molecule has 3 aromatic rings. The minimum atomic E-state index is -0.139. The summed E-state index contributed by atoms with van der Waals surface area (Å²) >= 11 is 0. The summed E-state index contributed by atoms with van der Waals surface area (Å²) in [6.07, 6.45) is 0.606. The SMILES string of the molecule is Cc1nc2c(OC3CCOc4cccc(C)c43)cc(C(=O)N(C)C)cc2[nH]1. The minimum absolute atomic E-state index is 0.0717. The lowest BCUT2D eigenvalue weighted by atomic mass is 9.98. The predicted octanol–water partition coefficient (Wildman–Crippen LogP) is 3.78. The first kappa shape index (κ1) is 17.4. The van der Waals surface area contributed by atoms with Crippen molar-refractivity contribution in [1.29, 1.82) is 0 Å². The first-order valence-corrected chi connectivity index (χ1v) is 9.05. The van der Waals surface area contributed by atoms with E-state index in [0.717, 1.165) is 40.2 Å². The third kappa shape index (κ3) is 3.12. The van der Waals surface area contributed by atoms with E-state index >= 15 is 0 Å². The summed E-state index contributed by atoms with van der Waals surface area (Å²) in [5, 5.41) is 0. The third-order valence-electron chi connectivity index (χ3n) is 4.84. The average Bonchev–Trinajstić information content (AvgIpc) is 3.01. The Morgan fingerprint density at radius 3 is 2.89 bits per heavy atom. The topological polar surface area (TPSA) is 67.5 Å². The van der Waals surface area contributed by atoms with Gasteiger partial charge in [0.1, 0.15) is 28.9 Å². The molecular formula is C21H23N3O3. The Hall–Kier alpha value is -3.02. The monoisotopic (exact) mass is 365 g/mol. The maximum absolute atomic E-state index is 12.5. The second kappa shape index (κ2) is 6.61. The number of ether oxygens (including phenoxy) is 2. The van der Waals surface area contributed by atoms with Gasteiger partial charge in [-0.2, -0.15) is 0 Å². The predicted molar refractivity (Wildman–Crippen MR) is 104 cm³/mol. The molecule has 0 bridgehead atoms. The summed E-state index contributed by atoms with van der Waals surface area (Å²) in [6, 6.07) is 9.64. The van der Waals surface area contributed by atoms with Crippen LogP contribution in [0.1, 0.15) is 39.8 Å². The summed E-state index contributed by atoms with van der Waals surface area (Å²) in [6.45, 7) is 4.55. The number of aromatic amines is 1. The molecule has 0 saturated heterocycles. The molecule has 0 fully saturated rings. The first-order chi connectivity index (χ1) is 12.9. The van der Waals surface area contributed by atoms with Crippen molar-refractivity contribution in [3.8, 4) is 11.5 Å². The van der Waals surface area contributed by atoms with Crippen molar-refractivity contribution in [3.63, 3.8) is 0 Å². The molecule has 1 aliphatic heterocycles. The number of H-pyrrole nitrogens is 1. The first-order valence-electron chi connectivity index (χ1n) is 9.05. The average molecular weight is 365 g/mol. The summed E-state index contributed by atoms with van der Waals surface area (Å²) in [5.41, 5.74) is 4.31. The van der Waals surface area contributed by atoms with Gasteiger partial charge < -0.3 is 19.4 Å². The number of carbonyl (C=O) groups excluding carboxylic acids is 1. The van der Waals surface area contributed by atoms with Crippen LogP contribution < -0.4 is 9.47 Å². The fraction of sp³-hybridized carbons (Fsp3) is 0.333. The smallest absolute Gasteiger partial charge is 0.253 e. The molecule has 1 aromatic heterocycles. The Morgan fingerprint density at radius 2 is 2.11 bits per heavy atom. The highest BCUT2D eigenvalue weighted by Gasteiger charge is 2.26. The van der Waals surface area contributed by atoms with Crippen LogP contribution in [0.5, 0.6) is 11.5 Å². The van der Waals surface area contributed by atoms with E-state index in [4.69, 9.17) is 9.47 Å². The lowest BCUT2D eigenvalue weighted by molar-refractivity contribution is 0.0826. The van der Waals surface area contributed by atoms with Crippen LogP contribution in [-0.2, 0) is 0 Å². The molecule has 140 valence electrons. The molecule has 1 aliphatic rings. The van der Waals surface area contributed by atoms with Crippen molar-refractivity contribution in [2.24, 2.45) is 0 Å². The number of hydrogen-bond donors (Lipinski definition) is 1. The summed E-state index contributed by atoms with van der Waals surface area (Å²) in [4.78, 5) is 21.8. The second-order valence-electron chi connectivity index (χ2n) is 7.12.